The maximum atomic E-state index is 14.3. The summed E-state index contributed by atoms with van der Waals surface area (Å²) in [5.41, 5.74) is -1.90. The molecule has 1 atom stereocenters. The molecule has 0 spiro atoms. The molecule has 0 saturated heterocycles. The van der Waals surface area contributed by atoms with Gasteiger partial charge < -0.3 is 14.2 Å². The van der Waals surface area contributed by atoms with E-state index in [0.717, 1.165) is 18.2 Å². The number of imide groups is 1. The lowest BCUT2D eigenvalue weighted by Crippen LogP contribution is -2.44. The van der Waals surface area contributed by atoms with E-state index in [4.69, 9.17) is 14.2 Å². The summed E-state index contributed by atoms with van der Waals surface area (Å²) in [6, 6.07) is 4.42. The number of rotatable bonds is 4. The van der Waals surface area contributed by atoms with Crippen LogP contribution in [0.25, 0.3) is 0 Å². The highest BCUT2D eigenvalue weighted by molar-refractivity contribution is 9.10. The van der Waals surface area contributed by atoms with E-state index in [-0.39, 0.29) is 17.1 Å². The number of amides is 2. The molecule has 1 aromatic carbocycles. The molecule has 0 bridgehead atoms. The van der Waals surface area contributed by atoms with Crippen LogP contribution in [0, 0.1) is 11.6 Å². The van der Waals surface area contributed by atoms with Crippen LogP contribution < -0.4 is 9.64 Å². The molecule has 10 heteroatoms. The number of aromatic nitrogens is 1. The molecule has 0 N–H and O–H groups in total. The third-order valence-corrected chi connectivity index (χ3v) is 4.30. The summed E-state index contributed by atoms with van der Waals surface area (Å²) in [6.45, 7) is 11.3. The quantitative estimate of drug-likeness (QED) is 0.427. The van der Waals surface area contributed by atoms with Crippen molar-refractivity contribution in [1.82, 2.24) is 4.98 Å². The van der Waals surface area contributed by atoms with Crippen molar-refractivity contribution < 1.29 is 32.6 Å². The Morgan fingerprint density at radius 1 is 1.00 bits per heavy atom. The Kier molecular flexibility index (Phi) is 8.05. The third kappa shape index (κ3) is 7.66. The van der Waals surface area contributed by atoms with Crippen LogP contribution in [0.2, 0.25) is 0 Å². The van der Waals surface area contributed by atoms with Gasteiger partial charge in [0.2, 0.25) is 0 Å². The summed E-state index contributed by atoms with van der Waals surface area (Å²) < 4.78 is 45.0. The van der Waals surface area contributed by atoms with E-state index in [1.165, 1.54) is 19.2 Å². The summed E-state index contributed by atoms with van der Waals surface area (Å²) in [5.74, 6) is -1.61. The number of hydrogen-bond acceptors (Lipinski definition) is 6. The number of benzene rings is 1. The average Bonchev–Trinajstić information content (AvgIpc) is 2.62. The molecule has 2 rings (SSSR count). The molecule has 1 heterocycles. The van der Waals surface area contributed by atoms with Crippen LogP contribution >= 0.6 is 15.9 Å². The van der Waals surface area contributed by atoms with E-state index in [1.807, 2.05) is 0 Å². The number of anilines is 1. The Balaban J connectivity index is 2.54. The molecule has 0 radical (unpaired) electrons. The molecule has 2 amide bonds. The summed E-state index contributed by atoms with van der Waals surface area (Å²) >= 11 is 3.26. The van der Waals surface area contributed by atoms with E-state index < -0.39 is 41.1 Å². The number of nitrogens with zero attached hydrogens (tertiary/aromatic N) is 2. The predicted octanol–water partition coefficient (Wildman–Crippen LogP) is 6.94. The fourth-order valence-corrected chi connectivity index (χ4v) is 2.92. The van der Waals surface area contributed by atoms with Crippen molar-refractivity contribution in [3.63, 3.8) is 0 Å². The summed E-state index contributed by atoms with van der Waals surface area (Å²) in [7, 11) is 0. The lowest BCUT2D eigenvalue weighted by Gasteiger charge is -2.29. The van der Waals surface area contributed by atoms with E-state index in [2.05, 4.69) is 20.9 Å². The molecule has 2 aromatic rings. The average molecular weight is 529 g/mol. The van der Waals surface area contributed by atoms with Gasteiger partial charge in [0.1, 0.15) is 28.9 Å². The highest BCUT2D eigenvalue weighted by Crippen LogP contribution is 2.35. The van der Waals surface area contributed by atoms with Crippen molar-refractivity contribution in [1.29, 1.82) is 0 Å². The molecule has 180 valence electrons. The SMILES string of the molecule is CC(Oc1cc(Br)cnc1N(C(=O)OC(C)(C)C)C(=O)OC(C)(C)C)c1cc(F)ccc1F. The van der Waals surface area contributed by atoms with Gasteiger partial charge in [-0.05, 0) is 88.7 Å². The number of pyridine rings is 1. The van der Waals surface area contributed by atoms with Crippen LogP contribution in [0.4, 0.5) is 24.2 Å². The predicted molar refractivity (Wildman–Crippen MR) is 122 cm³/mol. The Morgan fingerprint density at radius 3 is 2.06 bits per heavy atom. The zero-order chi connectivity index (χ0) is 25.1. The molecule has 7 nitrogen and oxygen atoms in total. The molecule has 0 aliphatic carbocycles. The molecular formula is C23H27BrF2N2O5. The highest BCUT2D eigenvalue weighted by Gasteiger charge is 2.36. The van der Waals surface area contributed by atoms with Gasteiger partial charge >= 0.3 is 12.2 Å². The number of carbonyl (C=O) groups excluding carboxylic acids is 2. The number of halogens is 3. The van der Waals surface area contributed by atoms with Gasteiger partial charge in [-0.25, -0.2) is 23.4 Å². The van der Waals surface area contributed by atoms with E-state index >= 15 is 0 Å². The first-order chi connectivity index (χ1) is 15.1. The summed E-state index contributed by atoms with van der Waals surface area (Å²) in [5, 5.41) is 0. The first-order valence-electron chi connectivity index (χ1n) is 10.1. The number of carbonyl (C=O) groups is 2. The van der Waals surface area contributed by atoms with Crippen molar-refractivity contribution in [2.45, 2.75) is 65.8 Å². The second-order valence-corrected chi connectivity index (χ2v) is 10.1. The van der Waals surface area contributed by atoms with Crippen LogP contribution in [0.1, 0.15) is 60.1 Å². The number of hydrogen-bond donors (Lipinski definition) is 0. The molecule has 0 aliphatic heterocycles. The van der Waals surface area contributed by atoms with Gasteiger partial charge in [-0.15, -0.1) is 0 Å². The van der Waals surface area contributed by atoms with Crippen LogP contribution in [0.5, 0.6) is 5.75 Å². The van der Waals surface area contributed by atoms with Gasteiger partial charge in [0.15, 0.2) is 11.6 Å². The van der Waals surface area contributed by atoms with Crippen molar-refractivity contribution in [2.75, 3.05) is 4.90 Å². The van der Waals surface area contributed by atoms with Gasteiger partial charge in [-0.3, -0.25) is 0 Å². The molecule has 0 saturated carbocycles. The van der Waals surface area contributed by atoms with Crippen LogP contribution in [0.15, 0.2) is 34.9 Å². The van der Waals surface area contributed by atoms with Gasteiger partial charge in [-0.2, -0.15) is 4.90 Å². The maximum Gasteiger partial charge on any atom is 0.425 e. The Bertz CT molecular complexity index is 1010. The van der Waals surface area contributed by atoms with Gasteiger partial charge in [0.25, 0.3) is 0 Å². The Labute approximate surface area is 200 Å². The Hall–Kier alpha value is -2.75. The molecule has 1 unspecified atom stereocenters. The van der Waals surface area contributed by atoms with E-state index in [1.54, 1.807) is 41.5 Å². The van der Waals surface area contributed by atoms with E-state index in [9.17, 15) is 18.4 Å². The van der Waals surface area contributed by atoms with Crippen LogP contribution in [-0.2, 0) is 9.47 Å². The van der Waals surface area contributed by atoms with Crippen molar-refractivity contribution >= 4 is 33.9 Å². The fraction of sp³-hybridized carbons (Fsp3) is 0.435. The van der Waals surface area contributed by atoms with Gasteiger partial charge in [0, 0.05) is 16.2 Å². The lowest BCUT2D eigenvalue weighted by molar-refractivity contribution is 0.0426. The first kappa shape index (κ1) is 26.5. The van der Waals surface area contributed by atoms with Gasteiger partial charge in [0.05, 0.1) is 0 Å². The van der Waals surface area contributed by atoms with Crippen LogP contribution in [-0.4, -0.2) is 28.4 Å². The van der Waals surface area contributed by atoms with Crippen LogP contribution in [0.3, 0.4) is 0 Å². The second-order valence-electron chi connectivity index (χ2n) is 9.20. The topological polar surface area (TPSA) is 78.0 Å². The van der Waals surface area contributed by atoms with E-state index in [0.29, 0.717) is 9.37 Å². The smallest absolute Gasteiger partial charge is 0.425 e. The highest BCUT2D eigenvalue weighted by atomic mass is 79.9. The fourth-order valence-electron chi connectivity index (χ4n) is 2.61. The third-order valence-electron chi connectivity index (χ3n) is 3.86. The maximum absolute atomic E-state index is 14.3. The monoisotopic (exact) mass is 528 g/mol. The van der Waals surface area contributed by atoms with Crippen molar-refractivity contribution in [3.05, 3.63) is 52.1 Å². The first-order valence-corrected chi connectivity index (χ1v) is 10.9. The number of ether oxygens (including phenoxy) is 3. The lowest BCUT2D eigenvalue weighted by atomic mass is 10.1. The largest absolute Gasteiger partial charge is 0.482 e. The summed E-state index contributed by atoms with van der Waals surface area (Å²) in [6.07, 6.45) is -1.73. The van der Waals surface area contributed by atoms with Crippen molar-refractivity contribution in [3.8, 4) is 5.75 Å². The minimum absolute atomic E-state index is 0.0537. The zero-order valence-electron chi connectivity index (χ0n) is 19.5. The second kappa shape index (κ2) is 10.0. The molecular weight excluding hydrogens is 502 g/mol. The minimum atomic E-state index is -1.04. The molecule has 1 aromatic heterocycles. The van der Waals surface area contributed by atoms with Crippen molar-refractivity contribution in [2.24, 2.45) is 0 Å². The summed E-state index contributed by atoms with van der Waals surface area (Å²) in [4.78, 5) is 30.7. The normalized spacial score (nSPS) is 12.7. The Morgan fingerprint density at radius 2 is 1.55 bits per heavy atom. The van der Waals surface area contributed by atoms with Gasteiger partial charge in [-0.1, -0.05) is 0 Å². The minimum Gasteiger partial charge on any atom is -0.482 e. The molecule has 0 aliphatic rings. The molecule has 33 heavy (non-hydrogen) atoms. The standard InChI is InChI=1S/C23H27BrF2N2O5/c1-13(16-11-15(25)8-9-17(16)26)31-18-10-14(24)12-27-19(18)28(20(29)32-22(2,3)4)21(30)33-23(5,6)7/h8-13H,1-7H3. The zero-order valence-corrected chi connectivity index (χ0v) is 21.1. The molecule has 0 fully saturated rings.